The number of ether oxygens (including phenoxy) is 1. The van der Waals surface area contributed by atoms with Gasteiger partial charge < -0.3 is 25.2 Å². The quantitative estimate of drug-likeness (QED) is 0.427. The van der Waals surface area contributed by atoms with E-state index in [1.165, 1.54) is 0 Å². The van der Waals surface area contributed by atoms with Crippen molar-refractivity contribution in [3.63, 3.8) is 0 Å². The Balaban J connectivity index is 2.49. The molecule has 8 nitrogen and oxygen atoms in total. The van der Waals surface area contributed by atoms with E-state index in [0.29, 0.717) is 38.3 Å². The molecule has 0 unspecified atom stereocenters. The lowest BCUT2D eigenvalue weighted by atomic mass is 9.57. The van der Waals surface area contributed by atoms with E-state index in [0.717, 1.165) is 5.56 Å². The number of benzene rings is 1. The monoisotopic (exact) mass is 570 g/mol. The van der Waals surface area contributed by atoms with E-state index >= 15 is 0 Å². The van der Waals surface area contributed by atoms with Crippen LogP contribution in [0.25, 0.3) is 0 Å². The van der Waals surface area contributed by atoms with Crippen molar-refractivity contribution in [2.75, 3.05) is 40.4 Å². The molecule has 0 radical (unpaired) electrons. The number of hydrogen-bond acceptors (Lipinski definition) is 5. The number of morpholine rings is 1. The molecule has 41 heavy (non-hydrogen) atoms. The second-order valence-electron chi connectivity index (χ2n) is 13.5. The van der Waals surface area contributed by atoms with Crippen LogP contribution in [-0.2, 0) is 25.5 Å². The highest BCUT2D eigenvalue weighted by Crippen LogP contribution is 2.50. The van der Waals surface area contributed by atoms with Gasteiger partial charge in [-0.05, 0) is 37.2 Å². The minimum Gasteiger partial charge on any atom is -0.378 e. The lowest BCUT2D eigenvalue weighted by molar-refractivity contribution is -0.168. The average Bonchev–Trinajstić information content (AvgIpc) is 2.93. The molecule has 2 N–H and O–H groups in total. The summed E-state index contributed by atoms with van der Waals surface area (Å²) < 4.78 is 5.40. The highest BCUT2D eigenvalue weighted by Gasteiger charge is 2.58. The average molecular weight is 571 g/mol. The van der Waals surface area contributed by atoms with Gasteiger partial charge in [0.05, 0.1) is 25.3 Å². The molecule has 1 fully saturated rings. The van der Waals surface area contributed by atoms with Crippen molar-refractivity contribution < 1.29 is 19.1 Å². The van der Waals surface area contributed by atoms with Crippen molar-refractivity contribution in [1.82, 2.24) is 14.7 Å². The molecular weight excluding hydrogens is 516 g/mol. The normalized spacial score (nSPS) is 18.0. The van der Waals surface area contributed by atoms with Crippen molar-refractivity contribution in [2.45, 2.75) is 86.4 Å². The Morgan fingerprint density at radius 3 is 2.02 bits per heavy atom. The van der Waals surface area contributed by atoms with Gasteiger partial charge in [0.25, 0.3) is 0 Å². The lowest BCUT2D eigenvalue weighted by Crippen LogP contribution is -2.70. The fourth-order valence-corrected chi connectivity index (χ4v) is 5.56. The fraction of sp³-hybridized carbons (Fsp3) is 0.667. The molecule has 1 aliphatic heterocycles. The summed E-state index contributed by atoms with van der Waals surface area (Å²) in [5.41, 5.74) is 5.79. The van der Waals surface area contributed by atoms with Crippen LogP contribution in [-0.4, -0.2) is 90.4 Å². The SMILES string of the molecule is CC(=C[C@H](C(C)C)N(C)C(=O)[C@@](C)(N(C)C(=O)[C@@H](N)Cc1ccccc1)C(C)(C)C(C)(C)C)C(=O)N1CCOCC1. The first kappa shape index (κ1) is 34.5. The van der Waals surface area contributed by atoms with Gasteiger partial charge in [0.1, 0.15) is 5.54 Å². The molecule has 0 saturated carbocycles. The number of amides is 3. The zero-order valence-corrected chi connectivity index (χ0v) is 27.3. The standard InChI is InChI=1S/C33H54N4O4/c1-23(2)27(21-24(3)28(38)37-17-19-41-20-18-37)35(10)30(40)33(9,32(7,8)31(4,5)6)36(11)29(39)26(34)22-25-15-13-12-14-16-25/h12-16,21,23,26-27H,17-20,22,34H2,1-11H3/t26-,27+,33+/m0/s1. The molecule has 2 rings (SSSR count). The van der Waals surface area contributed by atoms with Gasteiger partial charge in [0.2, 0.25) is 17.7 Å². The Morgan fingerprint density at radius 1 is 1.00 bits per heavy atom. The van der Waals surface area contributed by atoms with E-state index in [9.17, 15) is 14.4 Å². The van der Waals surface area contributed by atoms with Gasteiger partial charge in [-0.1, -0.05) is 84.9 Å². The van der Waals surface area contributed by atoms with Gasteiger partial charge in [-0.25, -0.2) is 0 Å². The van der Waals surface area contributed by atoms with Crippen molar-refractivity contribution >= 4 is 17.7 Å². The molecule has 0 bridgehead atoms. The molecule has 3 atom stereocenters. The number of carbonyl (C=O) groups excluding carboxylic acids is 3. The first-order valence-corrected chi connectivity index (χ1v) is 14.8. The van der Waals surface area contributed by atoms with Gasteiger partial charge in [-0.15, -0.1) is 0 Å². The zero-order valence-electron chi connectivity index (χ0n) is 27.3. The van der Waals surface area contributed by atoms with Gasteiger partial charge in [0, 0.05) is 38.2 Å². The molecule has 3 amide bonds. The summed E-state index contributed by atoms with van der Waals surface area (Å²) in [6, 6.07) is 8.51. The van der Waals surface area contributed by atoms with Crippen LogP contribution in [0.3, 0.4) is 0 Å². The Morgan fingerprint density at radius 2 is 1.54 bits per heavy atom. The maximum Gasteiger partial charge on any atom is 0.249 e. The van der Waals surface area contributed by atoms with E-state index in [1.54, 1.807) is 28.8 Å². The molecule has 1 heterocycles. The van der Waals surface area contributed by atoms with Gasteiger partial charge in [-0.2, -0.15) is 0 Å². The Labute approximate surface area is 248 Å². The van der Waals surface area contributed by atoms with Crippen molar-refractivity contribution in [1.29, 1.82) is 0 Å². The zero-order chi connectivity index (χ0) is 31.3. The number of hydrogen-bond donors (Lipinski definition) is 1. The smallest absolute Gasteiger partial charge is 0.249 e. The van der Waals surface area contributed by atoms with Crippen LogP contribution < -0.4 is 5.73 Å². The maximum absolute atomic E-state index is 14.7. The summed E-state index contributed by atoms with van der Waals surface area (Å²) in [6.45, 7) is 20.2. The highest BCUT2D eigenvalue weighted by atomic mass is 16.5. The molecule has 1 aromatic rings. The summed E-state index contributed by atoms with van der Waals surface area (Å²) in [6.07, 6.45) is 2.27. The Kier molecular flexibility index (Phi) is 11.4. The lowest BCUT2D eigenvalue weighted by Gasteiger charge is -2.56. The van der Waals surface area contributed by atoms with Gasteiger partial charge >= 0.3 is 0 Å². The number of nitrogens with zero attached hydrogens (tertiary/aromatic N) is 3. The highest BCUT2D eigenvalue weighted by molar-refractivity contribution is 5.95. The summed E-state index contributed by atoms with van der Waals surface area (Å²) in [4.78, 5) is 46.9. The molecule has 0 aromatic heterocycles. The first-order valence-electron chi connectivity index (χ1n) is 14.8. The minimum absolute atomic E-state index is 0.0275. The molecule has 8 heteroatoms. The Bertz CT molecular complexity index is 1090. The van der Waals surface area contributed by atoms with Crippen molar-refractivity contribution in [3.05, 3.63) is 47.5 Å². The number of rotatable bonds is 10. The Hall–Kier alpha value is -2.71. The predicted octanol–water partition coefficient (Wildman–Crippen LogP) is 4.13. The van der Waals surface area contributed by atoms with Crippen LogP contribution >= 0.6 is 0 Å². The third-order valence-corrected chi connectivity index (χ3v) is 9.63. The summed E-state index contributed by atoms with van der Waals surface area (Å²) in [7, 11) is 3.47. The molecule has 1 aromatic carbocycles. The number of carbonyl (C=O) groups is 3. The van der Waals surface area contributed by atoms with Crippen molar-refractivity contribution in [2.24, 2.45) is 22.5 Å². The molecule has 0 aliphatic carbocycles. The summed E-state index contributed by atoms with van der Waals surface area (Å²) in [5, 5.41) is 0. The fourth-order valence-electron chi connectivity index (χ4n) is 5.56. The molecule has 1 aliphatic rings. The number of nitrogens with two attached hydrogens (primary N) is 1. The van der Waals surface area contributed by atoms with E-state index in [1.807, 2.05) is 78.0 Å². The molecular formula is C33H54N4O4. The van der Waals surface area contributed by atoms with E-state index in [2.05, 4.69) is 20.8 Å². The van der Waals surface area contributed by atoms with Crippen LogP contribution in [0.1, 0.15) is 67.9 Å². The van der Waals surface area contributed by atoms with Gasteiger partial charge in [-0.3, -0.25) is 14.4 Å². The second-order valence-corrected chi connectivity index (χ2v) is 13.5. The van der Waals surface area contributed by atoms with Crippen LogP contribution in [0.4, 0.5) is 0 Å². The van der Waals surface area contributed by atoms with Crippen LogP contribution in [0, 0.1) is 16.7 Å². The van der Waals surface area contributed by atoms with E-state index in [4.69, 9.17) is 10.5 Å². The second kappa shape index (κ2) is 13.5. The van der Waals surface area contributed by atoms with Crippen LogP contribution in [0.2, 0.25) is 0 Å². The third kappa shape index (κ3) is 7.39. The molecule has 1 saturated heterocycles. The summed E-state index contributed by atoms with van der Waals surface area (Å²) >= 11 is 0. The number of likely N-dealkylation sites (N-methyl/N-ethyl adjacent to an activating group) is 2. The van der Waals surface area contributed by atoms with Crippen LogP contribution in [0.5, 0.6) is 0 Å². The van der Waals surface area contributed by atoms with Crippen LogP contribution in [0.15, 0.2) is 42.0 Å². The first-order chi connectivity index (χ1) is 18.9. The predicted molar refractivity (Wildman–Crippen MR) is 165 cm³/mol. The van der Waals surface area contributed by atoms with E-state index < -0.39 is 17.0 Å². The molecule has 230 valence electrons. The minimum atomic E-state index is -1.24. The third-order valence-electron chi connectivity index (χ3n) is 9.63. The van der Waals surface area contributed by atoms with E-state index in [-0.39, 0.29) is 35.1 Å². The molecule has 0 spiro atoms. The van der Waals surface area contributed by atoms with Crippen molar-refractivity contribution in [3.8, 4) is 0 Å². The largest absolute Gasteiger partial charge is 0.378 e. The maximum atomic E-state index is 14.7. The topological polar surface area (TPSA) is 96.2 Å². The summed E-state index contributed by atoms with van der Waals surface area (Å²) in [5.74, 6) is -0.496. The van der Waals surface area contributed by atoms with Gasteiger partial charge in [0.15, 0.2) is 0 Å².